The number of nitrogens with zero attached hydrogens (tertiary/aromatic N) is 2. The first kappa shape index (κ1) is 34.8. The molecule has 0 unspecified atom stereocenters. The van der Waals surface area contributed by atoms with Crippen molar-refractivity contribution in [1.82, 2.24) is 9.80 Å². The topological polar surface area (TPSA) is 94.6 Å². The molecule has 9 nitrogen and oxygen atoms in total. The van der Waals surface area contributed by atoms with Crippen molar-refractivity contribution in [2.24, 2.45) is 5.92 Å². The zero-order chi connectivity index (χ0) is 34.2. The Labute approximate surface area is 289 Å². The Kier molecular flexibility index (Phi) is 11.4. The fraction of sp³-hybridized carbons (Fsp3) is 0.475. The number of benzene rings is 3. The van der Waals surface area contributed by atoms with Crippen LogP contribution in [0.1, 0.15) is 77.8 Å². The van der Waals surface area contributed by atoms with Crippen molar-refractivity contribution in [3.8, 4) is 5.75 Å². The van der Waals surface area contributed by atoms with Gasteiger partial charge in [0.2, 0.25) is 0 Å². The molecule has 0 spiro atoms. The Balaban J connectivity index is 0.993. The molecule has 4 fully saturated rings. The number of carbonyl (C=O) groups is 3. The largest absolute Gasteiger partial charge is 0.489 e. The molecule has 0 aliphatic carbocycles. The number of amides is 1. The summed E-state index contributed by atoms with van der Waals surface area (Å²) >= 11 is 0. The van der Waals surface area contributed by atoms with E-state index in [4.69, 9.17) is 18.9 Å². The van der Waals surface area contributed by atoms with Crippen LogP contribution >= 0.6 is 0 Å². The number of hydrogen-bond donors (Lipinski definition) is 0. The summed E-state index contributed by atoms with van der Waals surface area (Å²) in [5.41, 5.74) is 2.18. The Hall–Kier alpha value is -4.05. The van der Waals surface area contributed by atoms with E-state index in [1.807, 2.05) is 68.4 Å². The molecule has 4 saturated heterocycles. The predicted molar refractivity (Wildman–Crippen MR) is 186 cm³/mol. The number of piperidine rings is 3. The van der Waals surface area contributed by atoms with Crippen LogP contribution in [-0.4, -0.2) is 85.8 Å². The first-order chi connectivity index (χ1) is 23.9. The van der Waals surface area contributed by atoms with Crippen LogP contribution in [0.25, 0.3) is 0 Å². The molecule has 4 heterocycles. The Morgan fingerprint density at radius 3 is 2.10 bits per heavy atom. The number of carbonyl (C=O) groups excluding carboxylic acids is 3. The summed E-state index contributed by atoms with van der Waals surface area (Å²) in [5, 5.41) is 0. The van der Waals surface area contributed by atoms with E-state index in [0.29, 0.717) is 61.9 Å². The van der Waals surface area contributed by atoms with Crippen LogP contribution in [0.4, 0.5) is 0 Å². The van der Waals surface area contributed by atoms with Gasteiger partial charge in [-0.2, -0.15) is 0 Å². The van der Waals surface area contributed by atoms with Crippen LogP contribution in [-0.2, 0) is 31.0 Å². The summed E-state index contributed by atoms with van der Waals surface area (Å²) in [6, 6.07) is 24.3. The molecule has 7 rings (SSSR count). The second-order valence-electron chi connectivity index (χ2n) is 13.4. The summed E-state index contributed by atoms with van der Waals surface area (Å²) in [6.45, 7) is 8.89. The van der Waals surface area contributed by atoms with Crippen molar-refractivity contribution in [2.75, 3.05) is 45.9 Å². The fourth-order valence-corrected chi connectivity index (χ4v) is 7.22. The highest BCUT2D eigenvalue weighted by Gasteiger charge is 2.54. The fourth-order valence-electron chi connectivity index (χ4n) is 7.22. The second kappa shape index (κ2) is 16.1. The lowest BCUT2D eigenvalue weighted by Crippen LogP contribution is -2.66. The van der Waals surface area contributed by atoms with Gasteiger partial charge in [-0.15, -0.1) is 0 Å². The molecule has 4 aliphatic heterocycles. The third-order valence-electron chi connectivity index (χ3n) is 10.1. The highest BCUT2D eigenvalue weighted by molar-refractivity contribution is 5.98. The summed E-state index contributed by atoms with van der Waals surface area (Å²) in [4.78, 5) is 44.0. The van der Waals surface area contributed by atoms with Gasteiger partial charge in [0.1, 0.15) is 23.9 Å². The van der Waals surface area contributed by atoms with Crippen LogP contribution in [0.2, 0.25) is 0 Å². The Bertz CT molecular complexity index is 1540. The summed E-state index contributed by atoms with van der Waals surface area (Å²) in [6.07, 6.45) is 3.62. The van der Waals surface area contributed by atoms with E-state index in [9.17, 15) is 14.4 Å². The molecule has 0 saturated carbocycles. The zero-order valence-electron chi connectivity index (χ0n) is 28.7. The molecule has 3 aromatic carbocycles. The normalized spacial score (nSPS) is 20.9. The van der Waals surface area contributed by atoms with Crippen LogP contribution in [0.3, 0.4) is 0 Å². The average molecular weight is 669 g/mol. The Morgan fingerprint density at radius 2 is 1.49 bits per heavy atom. The highest BCUT2D eigenvalue weighted by atomic mass is 16.7. The first-order valence-corrected chi connectivity index (χ1v) is 17.7. The van der Waals surface area contributed by atoms with Crippen molar-refractivity contribution in [3.05, 3.63) is 101 Å². The van der Waals surface area contributed by atoms with E-state index in [0.717, 1.165) is 43.6 Å². The molecular weight excluding hydrogens is 620 g/mol. The summed E-state index contributed by atoms with van der Waals surface area (Å²) in [7, 11) is 0. The lowest BCUT2D eigenvalue weighted by molar-refractivity contribution is -0.171. The van der Waals surface area contributed by atoms with Gasteiger partial charge in [-0.25, -0.2) is 0 Å². The Morgan fingerprint density at radius 1 is 0.837 bits per heavy atom. The van der Waals surface area contributed by atoms with E-state index in [1.54, 1.807) is 29.2 Å². The highest BCUT2D eigenvalue weighted by Crippen LogP contribution is 2.39. The third kappa shape index (κ3) is 8.23. The molecule has 0 N–H and O–H groups in total. The van der Waals surface area contributed by atoms with E-state index in [2.05, 4.69) is 4.90 Å². The number of ether oxygens (including phenoxy) is 4. The maximum absolute atomic E-state index is 13.8. The van der Waals surface area contributed by atoms with Gasteiger partial charge in [-0.05, 0) is 93.9 Å². The maximum Gasteiger partial charge on any atom is 0.320 e. The number of esters is 1. The third-order valence-corrected chi connectivity index (χ3v) is 10.1. The van der Waals surface area contributed by atoms with Crippen LogP contribution in [0.5, 0.6) is 5.75 Å². The molecule has 9 heteroatoms. The van der Waals surface area contributed by atoms with E-state index in [-0.39, 0.29) is 43.1 Å². The van der Waals surface area contributed by atoms with Gasteiger partial charge in [0.15, 0.2) is 12.1 Å². The van der Waals surface area contributed by atoms with E-state index < -0.39 is 5.41 Å². The van der Waals surface area contributed by atoms with Gasteiger partial charge < -0.3 is 23.8 Å². The van der Waals surface area contributed by atoms with Crippen molar-refractivity contribution < 1.29 is 33.3 Å². The molecule has 4 aliphatic rings. The minimum absolute atomic E-state index is 0.0798. The second-order valence-corrected chi connectivity index (χ2v) is 13.4. The number of Topliss-reactive ketones (excluding diaryl/α,β-unsaturated/α-hetero) is 1. The predicted octanol–water partition coefficient (Wildman–Crippen LogP) is 6.05. The molecule has 0 aromatic heterocycles. The summed E-state index contributed by atoms with van der Waals surface area (Å²) in [5.74, 6) is 0.799. The molecule has 49 heavy (non-hydrogen) atoms. The number of hydrogen-bond acceptors (Lipinski definition) is 8. The van der Waals surface area contributed by atoms with Gasteiger partial charge in [0.25, 0.3) is 5.91 Å². The van der Waals surface area contributed by atoms with Crippen LogP contribution < -0.4 is 4.74 Å². The average Bonchev–Trinajstić information content (AvgIpc) is 3.12. The lowest BCUT2D eigenvalue weighted by Gasteiger charge is -2.50. The van der Waals surface area contributed by atoms with Gasteiger partial charge in [0.05, 0.1) is 0 Å². The van der Waals surface area contributed by atoms with E-state index in [1.165, 1.54) is 0 Å². The minimum Gasteiger partial charge on any atom is -0.489 e. The quantitative estimate of drug-likeness (QED) is 0.104. The SMILES string of the molecule is CCOC(CCCC(=O)c1ccc(COc2ccc(C(=O)N3CC(C(=O)O[C@H]4CN5CCC4CC5)(c4ccccc4)C3)cc2)cc1)OCC. The van der Waals surface area contributed by atoms with Crippen molar-refractivity contribution >= 4 is 17.7 Å². The van der Waals surface area contributed by atoms with Crippen molar-refractivity contribution in [2.45, 2.75) is 70.4 Å². The molecule has 260 valence electrons. The molecular formula is C40H48N2O7. The van der Waals surface area contributed by atoms with Gasteiger partial charge >= 0.3 is 5.97 Å². The van der Waals surface area contributed by atoms with Crippen LogP contribution in [0, 0.1) is 5.92 Å². The van der Waals surface area contributed by atoms with Crippen molar-refractivity contribution in [1.29, 1.82) is 0 Å². The number of rotatable bonds is 16. The molecule has 2 bridgehead atoms. The molecule has 1 atom stereocenters. The van der Waals surface area contributed by atoms with E-state index >= 15 is 0 Å². The molecule has 0 radical (unpaired) electrons. The van der Waals surface area contributed by atoms with Gasteiger partial charge in [-0.3, -0.25) is 19.3 Å². The number of likely N-dealkylation sites (tertiary alicyclic amines) is 1. The summed E-state index contributed by atoms with van der Waals surface area (Å²) < 4.78 is 23.3. The van der Waals surface area contributed by atoms with Gasteiger partial charge in [-0.1, -0.05) is 54.6 Å². The molecule has 1 amide bonds. The number of ketones is 1. The van der Waals surface area contributed by atoms with Crippen molar-refractivity contribution in [3.63, 3.8) is 0 Å². The number of fused-ring (bicyclic) bond motifs is 3. The monoisotopic (exact) mass is 668 g/mol. The standard InChI is InChI=1S/C40H48N2O7/c1-3-46-37(47-4-2)12-8-11-35(43)30-15-13-29(14-16-30)26-48-34-19-17-32(18-20-34)38(44)42-27-40(28-42,33-9-6-5-7-10-33)39(45)49-36-25-41-23-21-31(36)22-24-41/h5-7,9-10,13-20,31,36-37H,3-4,8,11-12,21-28H2,1-2H3/t36-/m0/s1. The van der Waals surface area contributed by atoms with Gasteiger partial charge in [0, 0.05) is 50.4 Å². The first-order valence-electron chi connectivity index (χ1n) is 17.7. The zero-order valence-corrected chi connectivity index (χ0v) is 28.7. The smallest absolute Gasteiger partial charge is 0.320 e. The lowest BCUT2D eigenvalue weighted by atomic mass is 9.73. The minimum atomic E-state index is -0.859. The van der Waals surface area contributed by atoms with Crippen LogP contribution in [0.15, 0.2) is 78.9 Å². The molecule has 3 aromatic rings. The maximum atomic E-state index is 13.8.